The van der Waals surface area contributed by atoms with Crippen LogP contribution in [0.2, 0.25) is 0 Å². The monoisotopic (exact) mass is 261 g/mol. The highest BCUT2D eigenvalue weighted by molar-refractivity contribution is 5.36. The molecule has 106 valence electrons. The molecule has 1 aromatic rings. The third kappa shape index (κ3) is 3.97. The van der Waals surface area contributed by atoms with E-state index < -0.39 is 0 Å². The van der Waals surface area contributed by atoms with Gasteiger partial charge in [-0.3, -0.25) is 0 Å². The number of ether oxygens (including phenoxy) is 1. The molecule has 1 saturated carbocycles. The summed E-state index contributed by atoms with van der Waals surface area (Å²) in [6, 6.07) is 9.26. The topological polar surface area (TPSA) is 21.3 Å². The molecule has 1 N–H and O–H groups in total. The molecule has 0 aliphatic heterocycles. The average molecular weight is 261 g/mol. The van der Waals surface area contributed by atoms with Crippen molar-refractivity contribution in [2.24, 2.45) is 0 Å². The summed E-state index contributed by atoms with van der Waals surface area (Å²) >= 11 is 0. The lowest BCUT2D eigenvalue weighted by Crippen LogP contribution is -2.34. The zero-order valence-corrected chi connectivity index (χ0v) is 12.3. The molecule has 1 fully saturated rings. The first-order valence-electron chi connectivity index (χ1n) is 7.80. The summed E-state index contributed by atoms with van der Waals surface area (Å²) < 4.78 is 5.79. The lowest BCUT2D eigenvalue weighted by atomic mass is 9.81. The first-order chi connectivity index (χ1) is 9.35. The Morgan fingerprint density at radius 3 is 2.84 bits per heavy atom. The van der Waals surface area contributed by atoms with Gasteiger partial charge in [0.1, 0.15) is 5.75 Å². The zero-order chi connectivity index (χ0) is 13.5. The van der Waals surface area contributed by atoms with E-state index in [2.05, 4.69) is 43.4 Å². The SMILES string of the molecule is CCCNC1CCCC(c2ccccc2OCC)C1. The summed E-state index contributed by atoms with van der Waals surface area (Å²) in [4.78, 5) is 0. The molecule has 1 aliphatic carbocycles. The van der Waals surface area contributed by atoms with E-state index in [-0.39, 0.29) is 0 Å². The number of para-hydroxylation sites is 1. The largest absolute Gasteiger partial charge is 0.494 e. The molecule has 1 aliphatic rings. The molecule has 0 spiro atoms. The maximum absolute atomic E-state index is 5.79. The van der Waals surface area contributed by atoms with Gasteiger partial charge in [-0.1, -0.05) is 31.5 Å². The molecule has 19 heavy (non-hydrogen) atoms. The number of hydrogen-bond donors (Lipinski definition) is 1. The number of benzene rings is 1. The Morgan fingerprint density at radius 2 is 2.05 bits per heavy atom. The zero-order valence-electron chi connectivity index (χ0n) is 12.3. The normalized spacial score (nSPS) is 23.3. The quantitative estimate of drug-likeness (QED) is 0.832. The second-order valence-electron chi connectivity index (χ2n) is 5.49. The van der Waals surface area contributed by atoms with Gasteiger partial charge in [-0.15, -0.1) is 0 Å². The fourth-order valence-corrected chi connectivity index (χ4v) is 3.11. The molecule has 2 nitrogen and oxygen atoms in total. The van der Waals surface area contributed by atoms with Crippen LogP contribution in [0, 0.1) is 0 Å². The van der Waals surface area contributed by atoms with Gasteiger partial charge >= 0.3 is 0 Å². The summed E-state index contributed by atoms with van der Waals surface area (Å²) in [6.07, 6.45) is 6.43. The molecule has 0 radical (unpaired) electrons. The van der Waals surface area contributed by atoms with Crippen molar-refractivity contribution < 1.29 is 4.74 Å². The van der Waals surface area contributed by atoms with Crippen molar-refractivity contribution in [1.82, 2.24) is 5.32 Å². The van der Waals surface area contributed by atoms with Crippen molar-refractivity contribution in [3.63, 3.8) is 0 Å². The van der Waals surface area contributed by atoms with Crippen LogP contribution in [0.15, 0.2) is 24.3 Å². The van der Waals surface area contributed by atoms with Gasteiger partial charge in [0.15, 0.2) is 0 Å². The molecule has 2 atom stereocenters. The van der Waals surface area contributed by atoms with E-state index in [1.54, 1.807) is 0 Å². The second kappa shape index (κ2) is 7.54. The second-order valence-corrected chi connectivity index (χ2v) is 5.49. The molecule has 0 aromatic heterocycles. The highest BCUT2D eigenvalue weighted by Crippen LogP contribution is 2.37. The van der Waals surface area contributed by atoms with Gasteiger partial charge < -0.3 is 10.1 Å². The maximum Gasteiger partial charge on any atom is 0.122 e. The maximum atomic E-state index is 5.79. The van der Waals surface area contributed by atoms with E-state index in [0.29, 0.717) is 12.0 Å². The number of rotatable bonds is 6. The summed E-state index contributed by atoms with van der Waals surface area (Å²) in [5.74, 6) is 1.75. The third-order valence-corrected chi connectivity index (χ3v) is 4.02. The molecular weight excluding hydrogens is 234 g/mol. The Kier molecular flexibility index (Phi) is 5.71. The van der Waals surface area contributed by atoms with E-state index in [1.165, 1.54) is 37.7 Å². The van der Waals surface area contributed by atoms with E-state index >= 15 is 0 Å². The molecule has 0 heterocycles. The summed E-state index contributed by atoms with van der Waals surface area (Å²) in [5.41, 5.74) is 1.41. The van der Waals surface area contributed by atoms with E-state index in [4.69, 9.17) is 4.74 Å². The van der Waals surface area contributed by atoms with E-state index in [0.717, 1.165) is 18.9 Å². The molecule has 2 unspecified atom stereocenters. The predicted octanol–water partition coefficient (Wildman–Crippen LogP) is 4.11. The van der Waals surface area contributed by atoms with Crippen molar-refractivity contribution in [3.05, 3.63) is 29.8 Å². The van der Waals surface area contributed by atoms with Gasteiger partial charge in [0.05, 0.1) is 6.61 Å². The number of nitrogens with one attached hydrogen (secondary N) is 1. The Labute approximate surface area is 117 Å². The van der Waals surface area contributed by atoms with Crippen molar-refractivity contribution in [2.45, 2.75) is 57.9 Å². The van der Waals surface area contributed by atoms with Crippen LogP contribution < -0.4 is 10.1 Å². The van der Waals surface area contributed by atoms with Crippen molar-refractivity contribution in [2.75, 3.05) is 13.2 Å². The fraction of sp³-hybridized carbons (Fsp3) is 0.647. The molecule has 0 saturated heterocycles. The lowest BCUT2D eigenvalue weighted by molar-refractivity contribution is 0.311. The average Bonchev–Trinajstić information content (AvgIpc) is 2.46. The standard InChI is InChI=1S/C17H27NO/c1-3-12-18-15-9-7-8-14(13-15)16-10-5-6-11-17(16)19-4-2/h5-6,10-11,14-15,18H,3-4,7-9,12-13H2,1-2H3. The summed E-state index contributed by atoms with van der Waals surface area (Å²) in [6.45, 7) is 6.19. The van der Waals surface area contributed by atoms with E-state index in [1.807, 2.05) is 0 Å². The lowest BCUT2D eigenvalue weighted by Gasteiger charge is -2.31. The van der Waals surface area contributed by atoms with Crippen LogP contribution >= 0.6 is 0 Å². The van der Waals surface area contributed by atoms with Crippen molar-refractivity contribution >= 4 is 0 Å². The minimum absolute atomic E-state index is 0.658. The smallest absolute Gasteiger partial charge is 0.122 e. The third-order valence-electron chi connectivity index (χ3n) is 4.02. The minimum Gasteiger partial charge on any atom is -0.494 e. The van der Waals surface area contributed by atoms with Crippen LogP contribution in [-0.4, -0.2) is 19.2 Å². The van der Waals surface area contributed by atoms with Gasteiger partial charge in [-0.25, -0.2) is 0 Å². The molecule has 2 rings (SSSR count). The van der Waals surface area contributed by atoms with Crippen LogP contribution in [0.25, 0.3) is 0 Å². The van der Waals surface area contributed by atoms with Crippen molar-refractivity contribution in [3.8, 4) is 5.75 Å². The van der Waals surface area contributed by atoms with Crippen LogP contribution in [0.1, 0.15) is 57.4 Å². The summed E-state index contributed by atoms with van der Waals surface area (Å²) in [5, 5.41) is 3.68. The van der Waals surface area contributed by atoms with Gasteiger partial charge in [-0.2, -0.15) is 0 Å². The molecule has 2 heteroatoms. The predicted molar refractivity (Wildman–Crippen MR) is 80.9 cm³/mol. The van der Waals surface area contributed by atoms with Crippen LogP contribution in [0.4, 0.5) is 0 Å². The molecule has 0 amide bonds. The fourth-order valence-electron chi connectivity index (χ4n) is 3.11. The Balaban J connectivity index is 2.04. The minimum atomic E-state index is 0.658. The van der Waals surface area contributed by atoms with Crippen LogP contribution in [0.5, 0.6) is 5.75 Å². The highest BCUT2D eigenvalue weighted by Gasteiger charge is 2.24. The first-order valence-corrected chi connectivity index (χ1v) is 7.80. The van der Waals surface area contributed by atoms with E-state index in [9.17, 15) is 0 Å². The Morgan fingerprint density at radius 1 is 1.21 bits per heavy atom. The van der Waals surface area contributed by atoms with Gasteiger partial charge in [0.2, 0.25) is 0 Å². The number of hydrogen-bond acceptors (Lipinski definition) is 2. The summed E-state index contributed by atoms with van der Waals surface area (Å²) in [7, 11) is 0. The van der Waals surface area contributed by atoms with Gasteiger partial charge in [0.25, 0.3) is 0 Å². The first kappa shape index (κ1) is 14.4. The Bertz CT molecular complexity index is 377. The van der Waals surface area contributed by atoms with Gasteiger partial charge in [-0.05, 0) is 56.7 Å². The molecule has 1 aromatic carbocycles. The van der Waals surface area contributed by atoms with Crippen LogP contribution in [-0.2, 0) is 0 Å². The van der Waals surface area contributed by atoms with Crippen molar-refractivity contribution in [1.29, 1.82) is 0 Å². The molecule has 0 bridgehead atoms. The Hall–Kier alpha value is -1.02. The molecular formula is C17H27NO. The highest BCUT2D eigenvalue weighted by atomic mass is 16.5. The van der Waals surface area contributed by atoms with Gasteiger partial charge in [0, 0.05) is 6.04 Å². The van der Waals surface area contributed by atoms with Crippen LogP contribution in [0.3, 0.4) is 0 Å².